The number of halogens is 5. The SMILES string of the molecule is Fc1cccc(CNC2(C(F)(F)F)CC2)c1Br. The Hall–Kier alpha value is -0.620. The van der Waals surface area contributed by atoms with Gasteiger partial charge in [0.2, 0.25) is 0 Å². The third-order valence-corrected chi connectivity index (χ3v) is 3.83. The van der Waals surface area contributed by atoms with E-state index < -0.39 is 17.5 Å². The highest BCUT2D eigenvalue weighted by atomic mass is 79.9. The van der Waals surface area contributed by atoms with Gasteiger partial charge in [-0.25, -0.2) is 4.39 Å². The summed E-state index contributed by atoms with van der Waals surface area (Å²) in [6.07, 6.45) is -4.07. The zero-order chi connectivity index (χ0) is 12.7. The lowest BCUT2D eigenvalue weighted by Crippen LogP contribution is -2.44. The number of hydrogen-bond acceptors (Lipinski definition) is 1. The number of nitrogens with one attached hydrogen (secondary N) is 1. The van der Waals surface area contributed by atoms with Crippen molar-refractivity contribution in [2.24, 2.45) is 0 Å². The minimum Gasteiger partial charge on any atom is -0.299 e. The summed E-state index contributed by atoms with van der Waals surface area (Å²) in [4.78, 5) is 0. The summed E-state index contributed by atoms with van der Waals surface area (Å²) in [5.41, 5.74) is -1.28. The summed E-state index contributed by atoms with van der Waals surface area (Å²) in [5.74, 6) is -0.471. The summed E-state index contributed by atoms with van der Waals surface area (Å²) < 4.78 is 51.3. The molecule has 1 saturated carbocycles. The topological polar surface area (TPSA) is 12.0 Å². The molecular weight excluding hydrogens is 302 g/mol. The summed E-state index contributed by atoms with van der Waals surface area (Å²) in [6.45, 7) is -0.00213. The Morgan fingerprint density at radius 1 is 1.29 bits per heavy atom. The van der Waals surface area contributed by atoms with Crippen molar-refractivity contribution in [1.29, 1.82) is 0 Å². The molecule has 1 aliphatic carbocycles. The first-order valence-corrected chi connectivity index (χ1v) is 5.90. The Bertz CT molecular complexity index is 426. The maximum absolute atomic E-state index is 13.2. The van der Waals surface area contributed by atoms with E-state index in [1.54, 1.807) is 6.07 Å². The molecule has 6 heteroatoms. The van der Waals surface area contributed by atoms with Crippen molar-refractivity contribution in [3.63, 3.8) is 0 Å². The zero-order valence-corrected chi connectivity index (χ0v) is 10.3. The first kappa shape index (κ1) is 12.8. The largest absolute Gasteiger partial charge is 0.406 e. The first-order chi connectivity index (χ1) is 7.86. The van der Waals surface area contributed by atoms with Crippen LogP contribution in [0.5, 0.6) is 0 Å². The van der Waals surface area contributed by atoms with Crippen LogP contribution >= 0.6 is 15.9 Å². The second kappa shape index (κ2) is 4.24. The molecule has 1 N–H and O–H groups in total. The number of rotatable bonds is 3. The molecule has 0 atom stereocenters. The third kappa shape index (κ3) is 2.47. The second-order valence-corrected chi connectivity index (χ2v) is 4.94. The molecule has 1 aliphatic rings. The minimum absolute atomic E-state index is 0.00213. The average molecular weight is 312 g/mol. The molecule has 0 radical (unpaired) electrons. The Balaban J connectivity index is 2.06. The third-order valence-electron chi connectivity index (χ3n) is 2.94. The van der Waals surface area contributed by atoms with E-state index in [1.165, 1.54) is 12.1 Å². The molecule has 17 heavy (non-hydrogen) atoms. The van der Waals surface area contributed by atoms with Gasteiger partial charge in [0.05, 0.1) is 4.47 Å². The van der Waals surface area contributed by atoms with Gasteiger partial charge in [0.15, 0.2) is 0 Å². The monoisotopic (exact) mass is 311 g/mol. The van der Waals surface area contributed by atoms with Crippen LogP contribution in [0.1, 0.15) is 18.4 Å². The molecule has 1 aromatic carbocycles. The van der Waals surface area contributed by atoms with Gasteiger partial charge in [-0.3, -0.25) is 5.32 Å². The first-order valence-electron chi connectivity index (χ1n) is 5.10. The molecule has 0 heterocycles. The molecule has 0 spiro atoms. The fraction of sp³-hybridized carbons (Fsp3) is 0.455. The summed E-state index contributed by atoms with van der Waals surface area (Å²) >= 11 is 3.02. The van der Waals surface area contributed by atoms with Crippen LogP contribution in [0.3, 0.4) is 0 Å². The van der Waals surface area contributed by atoms with Crippen LogP contribution in [-0.2, 0) is 6.54 Å². The Labute approximate surface area is 104 Å². The predicted molar refractivity (Wildman–Crippen MR) is 59.0 cm³/mol. The van der Waals surface area contributed by atoms with Crippen LogP contribution in [0.2, 0.25) is 0 Å². The highest BCUT2D eigenvalue weighted by Crippen LogP contribution is 2.49. The van der Waals surface area contributed by atoms with E-state index in [0.29, 0.717) is 5.56 Å². The fourth-order valence-corrected chi connectivity index (χ4v) is 2.04. The van der Waals surface area contributed by atoms with Crippen LogP contribution < -0.4 is 5.32 Å². The van der Waals surface area contributed by atoms with Gasteiger partial charge in [-0.15, -0.1) is 0 Å². The van der Waals surface area contributed by atoms with Crippen molar-refractivity contribution in [3.05, 3.63) is 34.1 Å². The number of alkyl halides is 3. The molecule has 94 valence electrons. The second-order valence-electron chi connectivity index (χ2n) is 4.15. The van der Waals surface area contributed by atoms with Crippen molar-refractivity contribution >= 4 is 15.9 Å². The van der Waals surface area contributed by atoms with Crippen molar-refractivity contribution in [2.45, 2.75) is 31.1 Å². The van der Waals surface area contributed by atoms with E-state index in [2.05, 4.69) is 21.2 Å². The molecule has 1 nitrogen and oxygen atoms in total. The Morgan fingerprint density at radius 3 is 2.47 bits per heavy atom. The molecule has 1 aromatic rings. The molecule has 0 aromatic heterocycles. The van der Waals surface area contributed by atoms with Crippen LogP contribution in [0.4, 0.5) is 17.6 Å². The summed E-state index contributed by atoms with van der Waals surface area (Å²) in [6, 6.07) is 4.32. The van der Waals surface area contributed by atoms with Crippen LogP contribution in [0, 0.1) is 5.82 Å². The van der Waals surface area contributed by atoms with Crippen LogP contribution in [0.25, 0.3) is 0 Å². The standard InChI is InChI=1S/C11H10BrF4N/c12-9-7(2-1-3-8(9)13)6-17-10(4-5-10)11(14,15)16/h1-3,17H,4-6H2. The average Bonchev–Trinajstić information content (AvgIpc) is 3.00. The lowest BCUT2D eigenvalue weighted by molar-refractivity contribution is -0.166. The highest BCUT2D eigenvalue weighted by molar-refractivity contribution is 9.10. The molecule has 0 amide bonds. The van der Waals surface area contributed by atoms with E-state index in [1.807, 2.05) is 0 Å². The van der Waals surface area contributed by atoms with Gasteiger partial charge in [-0.05, 0) is 40.4 Å². The maximum atomic E-state index is 13.2. The van der Waals surface area contributed by atoms with E-state index >= 15 is 0 Å². The van der Waals surface area contributed by atoms with Crippen molar-refractivity contribution in [3.8, 4) is 0 Å². The molecule has 0 aliphatic heterocycles. The Morgan fingerprint density at radius 2 is 1.94 bits per heavy atom. The van der Waals surface area contributed by atoms with Gasteiger partial charge in [0, 0.05) is 6.54 Å². The quantitative estimate of drug-likeness (QED) is 0.838. The number of hydrogen-bond donors (Lipinski definition) is 1. The fourth-order valence-electron chi connectivity index (χ4n) is 1.63. The van der Waals surface area contributed by atoms with Crippen molar-refractivity contribution in [1.82, 2.24) is 5.32 Å². The summed E-state index contributed by atoms with van der Waals surface area (Å²) in [5, 5.41) is 2.47. The summed E-state index contributed by atoms with van der Waals surface area (Å²) in [7, 11) is 0. The normalized spacial score (nSPS) is 18.2. The Kier molecular flexibility index (Phi) is 3.20. The molecule has 0 bridgehead atoms. The lowest BCUT2D eigenvalue weighted by atomic mass is 10.2. The van der Waals surface area contributed by atoms with Gasteiger partial charge < -0.3 is 0 Å². The van der Waals surface area contributed by atoms with E-state index in [4.69, 9.17) is 0 Å². The van der Waals surface area contributed by atoms with Crippen molar-refractivity contribution in [2.75, 3.05) is 0 Å². The predicted octanol–water partition coefficient (Wildman–Crippen LogP) is 3.77. The molecular formula is C11H10BrF4N. The van der Waals surface area contributed by atoms with Crippen LogP contribution in [-0.4, -0.2) is 11.7 Å². The maximum Gasteiger partial charge on any atom is 0.406 e. The molecule has 1 fully saturated rings. The van der Waals surface area contributed by atoms with Gasteiger partial charge in [0.1, 0.15) is 11.4 Å². The lowest BCUT2D eigenvalue weighted by Gasteiger charge is -2.21. The van der Waals surface area contributed by atoms with Gasteiger partial charge in [0.25, 0.3) is 0 Å². The minimum atomic E-state index is -4.24. The van der Waals surface area contributed by atoms with Gasteiger partial charge in [-0.1, -0.05) is 12.1 Å². The number of benzene rings is 1. The van der Waals surface area contributed by atoms with Crippen molar-refractivity contribution < 1.29 is 17.6 Å². The van der Waals surface area contributed by atoms with Gasteiger partial charge in [-0.2, -0.15) is 13.2 Å². The van der Waals surface area contributed by atoms with Gasteiger partial charge >= 0.3 is 6.18 Å². The molecule has 0 saturated heterocycles. The molecule has 2 rings (SSSR count). The molecule has 0 unspecified atom stereocenters. The smallest absolute Gasteiger partial charge is 0.299 e. The van der Waals surface area contributed by atoms with E-state index in [-0.39, 0.29) is 23.9 Å². The van der Waals surface area contributed by atoms with E-state index in [0.717, 1.165) is 0 Å². The highest BCUT2D eigenvalue weighted by Gasteiger charge is 2.62. The zero-order valence-electron chi connectivity index (χ0n) is 8.74. The van der Waals surface area contributed by atoms with Crippen LogP contribution in [0.15, 0.2) is 22.7 Å². The van der Waals surface area contributed by atoms with E-state index in [9.17, 15) is 17.6 Å².